The van der Waals surface area contributed by atoms with Crippen molar-refractivity contribution in [3.05, 3.63) is 64.9 Å². The molecule has 0 saturated carbocycles. The normalized spacial score (nSPS) is 20.8. The second-order valence-corrected chi connectivity index (χ2v) is 6.87. The number of fused-ring (bicyclic) bond motifs is 1. The number of carbonyl (C=O) groups excluding carboxylic acids is 2. The van der Waals surface area contributed by atoms with Crippen molar-refractivity contribution in [2.24, 2.45) is 0 Å². The van der Waals surface area contributed by atoms with Crippen molar-refractivity contribution in [3.63, 3.8) is 0 Å². The van der Waals surface area contributed by atoms with E-state index in [1.54, 1.807) is 4.90 Å². The Kier molecular flexibility index (Phi) is 3.47. The van der Waals surface area contributed by atoms with E-state index in [1.807, 2.05) is 49.4 Å². The first-order valence-electron chi connectivity index (χ1n) is 8.81. The van der Waals surface area contributed by atoms with Crippen LogP contribution in [0.1, 0.15) is 23.5 Å². The lowest BCUT2D eigenvalue weighted by Gasteiger charge is -2.32. The molecule has 3 heterocycles. The summed E-state index contributed by atoms with van der Waals surface area (Å²) in [5, 5.41) is 0. The minimum Gasteiger partial charge on any atom is -0.456 e. The Labute approximate surface area is 155 Å². The molecule has 1 amide bonds. The molecule has 0 radical (unpaired) electrons. The van der Waals surface area contributed by atoms with Crippen molar-refractivity contribution in [2.75, 3.05) is 18.3 Å². The molecule has 0 aliphatic carbocycles. The lowest BCUT2D eigenvalue weighted by Crippen LogP contribution is -2.37. The fourth-order valence-corrected chi connectivity index (χ4v) is 3.94. The van der Waals surface area contributed by atoms with Crippen molar-refractivity contribution in [1.82, 2.24) is 0 Å². The summed E-state index contributed by atoms with van der Waals surface area (Å²) in [6.45, 7) is 2.26. The smallest absolute Gasteiger partial charge is 0.336 e. The first kappa shape index (κ1) is 15.9. The standard InChI is InChI=1S/C21H17NO5/c1-12-3-2-4-14(7-12)22-16-10-25-21(24)20(16)15(9-19(22)23)13-5-6-17-18(8-13)27-11-26-17/h2-8,15H,9-11H2,1H3/t15-/m1/s1. The first-order valence-corrected chi connectivity index (χ1v) is 8.81. The minimum atomic E-state index is -0.363. The van der Waals surface area contributed by atoms with E-state index < -0.39 is 0 Å². The van der Waals surface area contributed by atoms with Gasteiger partial charge in [0.2, 0.25) is 12.7 Å². The molecule has 3 aliphatic rings. The molecule has 6 nitrogen and oxygen atoms in total. The zero-order valence-corrected chi connectivity index (χ0v) is 14.7. The third-order valence-electron chi connectivity index (χ3n) is 5.18. The number of benzene rings is 2. The number of aryl methyl sites for hydroxylation is 1. The third-order valence-corrected chi connectivity index (χ3v) is 5.18. The summed E-state index contributed by atoms with van der Waals surface area (Å²) >= 11 is 0. The molecule has 2 aromatic rings. The molecule has 5 rings (SSSR count). The van der Waals surface area contributed by atoms with E-state index in [0.29, 0.717) is 22.8 Å². The van der Waals surface area contributed by atoms with Gasteiger partial charge in [-0.05, 0) is 42.3 Å². The van der Waals surface area contributed by atoms with Crippen LogP contribution in [0.25, 0.3) is 0 Å². The molecule has 0 unspecified atom stereocenters. The van der Waals surface area contributed by atoms with Crippen LogP contribution in [-0.4, -0.2) is 25.3 Å². The van der Waals surface area contributed by atoms with Gasteiger partial charge in [0, 0.05) is 18.0 Å². The fourth-order valence-electron chi connectivity index (χ4n) is 3.94. The van der Waals surface area contributed by atoms with Crippen LogP contribution in [0.2, 0.25) is 0 Å². The maximum Gasteiger partial charge on any atom is 0.336 e. The summed E-state index contributed by atoms with van der Waals surface area (Å²) < 4.78 is 16.1. The number of esters is 1. The molecule has 0 fully saturated rings. The molecule has 3 aliphatic heterocycles. The Morgan fingerprint density at radius 1 is 1.00 bits per heavy atom. The summed E-state index contributed by atoms with van der Waals surface area (Å²) in [6.07, 6.45) is 0.196. The van der Waals surface area contributed by atoms with Gasteiger partial charge >= 0.3 is 5.97 Å². The summed E-state index contributed by atoms with van der Waals surface area (Å²) in [5.41, 5.74) is 3.84. The Bertz CT molecular complexity index is 1010. The fraction of sp³-hybridized carbons (Fsp3) is 0.238. The first-order chi connectivity index (χ1) is 13.1. The van der Waals surface area contributed by atoms with E-state index in [2.05, 4.69) is 0 Å². The van der Waals surface area contributed by atoms with Crippen LogP contribution in [0.15, 0.2) is 53.7 Å². The van der Waals surface area contributed by atoms with Gasteiger partial charge in [-0.25, -0.2) is 4.79 Å². The Hall–Kier alpha value is -3.28. The van der Waals surface area contributed by atoms with Crippen LogP contribution < -0.4 is 14.4 Å². The molecule has 6 heteroatoms. The maximum atomic E-state index is 13.0. The van der Waals surface area contributed by atoms with E-state index >= 15 is 0 Å². The summed E-state index contributed by atoms with van der Waals surface area (Å²) in [7, 11) is 0. The lowest BCUT2D eigenvalue weighted by atomic mass is 9.84. The monoisotopic (exact) mass is 363 g/mol. The molecule has 0 bridgehead atoms. The third kappa shape index (κ3) is 2.48. The van der Waals surface area contributed by atoms with Gasteiger partial charge in [-0.1, -0.05) is 18.2 Å². The van der Waals surface area contributed by atoms with E-state index in [-0.39, 0.29) is 37.6 Å². The van der Waals surface area contributed by atoms with E-state index in [4.69, 9.17) is 14.2 Å². The number of nitrogens with zero attached hydrogens (tertiary/aromatic N) is 1. The van der Waals surface area contributed by atoms with Gasteiger partial charge in [-0.3, -0.25) is 9.69 Å². The minimum absolute atomic E-state index is 0.0553. The van der Waals surface area contributed by atoms with Crippen molar-refractivity contribution in [3.8, 4) is 11.5 Å². The molecule has 0 aromatic heterocycles. The molecule has 1 atom stereocenters. The highest BCUT2D eigenvalue weighted by molar-refractivity contribution is 6.06. The van der Waals surface area contributed by atoms with Crippen LogP contribution in [0, 0.1) is 6.92 Å². The Morgan fingerprint density at radius 2 is 1.85 bits per heavy atom. The number of carbonyl (C=O) groups is 2. The van der Waals surface area contributed by atoms with Gasteiger partial charge < -0.3 is 14.2 Å². The molecule has 27 heavy (non-hydrogen) atoms. The number of anilines is 1. The average molecular weight is 363 g/mol. The van der Waals surface area contributed by atoms with E-state index in [1.165, 1.54) is 0 Å². The van der Waals surface area contributed by atoms with Crippen LogP contribution in [0.4, 0.5) is 5.69 Å². The highest BCUT2D eigenvalue weighted by Crippen LogP contribution is 2.44. The number of amides is 1. The molecule has 0 saturated heterocycles. The van der Waals surface area contributed by atoms with Gasteiger partial charge in [0.15, 0.2) is 11.5 Å². The molecule has 0 spiro atoms. The van der Waals surface area contributed by atoms with Crippen molar-refractivity contribution in [2.45, 2.75) is 19.3 Å². The molecule has 136 valence electrons. The van der Waals surface area contributed by atoms with Gasteiger partial charge in [0.05, 0.1) is 11.3 Å². The maximum absolute atomic E-state index is 13.0. The predicted octanol–water partition coefficient (Wildman–Crippen LogP) is 3.06. The van der Waals surface area contributed by atoms with Gasteiger partial charge in [-0.15, -0.1) is 0 Å². The summed E-state index contributed by atoms with van der Waals surface area (Å²) in [4.78, 5) is 27.2. The predicted molar refractivity (Wildman–Crippen MR) is 96.6 cm³/mol. The van der Waals surface area contributed by atoms with Gasteiger partial charge in [-0.2, -0.15) is 0 Å². The molecular weight excluding hydrogens is 346 g/mol. The van der Waals surface area contributed by atoms with Crippen LogP contribution >= 0.6 is 0 Å². The Balaban J connectivity index is 1.61. The SMILES string of the molecule is Cc1cccc(N2C(=O)C[C@H](c3ccc4c(c3)OCO4)C3=C2COC3=O)c1. The molecule has 2 aromatic carbocycles. The average Bonchev–Trinajstić information content (AvgIpc) is 3.27. The lowest BCUT2D eigenvalue weighted by molar-refractivity contribution is -0.136. The van der Waals surface area contributed by atoms with E-state index in [9.17, 15) is 9.59 Å². The summed E-state index contributed by atoms with van der Waals surface area (Å²) in [5.74, 6) is 0.538. The van der Waals surface area contributed by atoms with Crippen LogP contribution in [0.5, 0.6) is 11.5 Å². The van der Waals surface area contributed by atoms with Gasteiger partial charge in [0.25, 0.3) is 0 Å². The number of rotatable bonds is 2. The van der Waals surface area contributed by atoms with E-state index in [0.717, 1.165) is 16.8 Å². The Morgan fingerprint density at radius 3 is 2.70 bits per heavy atom. The number of hydrogen-bond acceptors (Lipinski definition) is 5. The van der Waals surface area contributed by atoms with Crippen molar-refractivity contribution >= 4 is 17.6 Å². The zero-order valence-electron chi connectivity index (χ0n) is 14.7. The second-order valence-electron chi connectivity index (χ2n) is 6.87. The largest absolute Gasteiger partial charge is 0.456 e. The highest BCUT2D eigenvalue weighted by Gasteiger charge is 2.43. The molecule has 0 N–H and O–H groups in total. The quantitative estimate of drug-likeness (QED) is 0.768. The summed E-state index contributed by atoms with van der Waals surface area (Å²) in [6, 6.07) is 13.2. The number of ether oxygens (including phenoxy) is 3. The number of hydrogen-bond donors (Lipinski definition) is 0. The topological polar surface area (TPSA) is 65.1 Å². The van der Waals surface area contributed by atoms with Gasteiger partial charge in [0.1, 0.15) is 6.61 Å². The second kappa shape index (κ2) is 5.87. The van der Waals surface area contributed by atoms with Crippen molar-refractivity contribution < 1.29 is 23.8 Å². The number of cyclic esters (lactones) is 1. The van der Waals surface area contributed by atoms with Crippen LogP contribution in [0.3, 0.4) is 0 Å². The van der Waals surface area contributed by atoms with Crippen LogP contribution in [-0.2, 0) is 14.3 Å². The zero-order chi connectivity index (χ0) is 18.5. The molecular formula is C21H17NO5. The van der Waals surface area contributed by atoms with Crippen molar-refractivity contribution in [1.29, 1.82) is 0 Å². The highest BCUT2D eigenvalue weighted by atomic mass is 16.7.